The first kappa shape index (κ1) is 19.9. The van der Waals surface area contributed by atoms with Gasteiger partial charge in [0.2, 0.25) is 0 Å². The Morgan fingerprint density at radius 1 is 1.03 bits per heavy atom. The number of nitrogens with zero attached hydrogens (tertiary/aromatic N) is 1. The van der Waals surface area contributed by atoms with Crippen LogP contribution in [0, 0.1) is 23.6 Å². The van der Waals surface area contributed by atoms with Gasteiger partial charge in [-0.05, 0) is 60.9 Å². The molecule has 2 heterocycles. The van der Waals surface area contributed by atoms with Crippen molar-refractivity contribution in [2.45, 2.75) is 36.7 Å². The number of carbonyl (C=O) groups excluding carboxylic acids is 1. The quantitative estimate of drug-likeness (QED) is 0.683. The Morgan fingerprint density at radius 2 is 1.78 bits per heavy atom. The Hall–Kier alpha value is -2.71. The highest BCUT2D eigenvalue weighted by atomic mass is 32.2. The van der Waals surface area contributed by atoms with Crippen molar-refractivity contribution < 1.29 is 17.6 Å². The highest BCUT2D eigenvalue weighted by molar-refractivity contribution is 7.89. The fourth-order valence-electron chi connectivity index (χ4n) is 6.22. The fourth-order valence-corrected chi connectivity index (χ4v) is 7.44. The second-order valence-corrected chi connectivity index (χ2v) is 11.0. The maximum atomic E-state index is 13.7. The molecule has 2 aromatic rings. The summed E-state index contributed by atoms with van der Waals surface area (Å²) in [6, 6.07) is 13.3. The predicted octanol–water partition coefficient (Wildman–Crippen LogP) is 3.24. The zero-order chi connectivity index (χ0) is 22.0. The van der Waals surface area contributed by atoms with Gasteiger partial charge in [0.05, 0.1) is 11.3 Å². The van der Waals surface area contributed by atoms with Crippen LogP contribution in [0.1, 0.15) is 24.8 Å². The molecule has 2 aliphatic carbocycles. The third-order valence-electron chi connectivity index (χ3n) is 7.53. The Morgan fingerprint density at radius 3 is 2.59 bits per heavy atom. The van der Waals surface area contributed by atoms with Gasteiger partial charge in [-0.15, -0.1) is 0 Å². The van der Waals surface area contributed by atoms with E-state index in [9.17, 15) is 17.6 Å². The van der Waals surface area contributed by atoms with E-state index in [-0.39, 0.29) is 34.3 Å². The first-order valence-corrected chi connectivity index (χ1v) is 12.5. The van der Waals surface area contributed by atoms with E-state index in [2.05, 4.69) is 14.9 Å². The monoisotopic (exact) mass is 453 g/mol. The molecule has 0 amide bonds. The van der Waals surface area contributed by atoms with Gasteiger partial charge in [0, 0.05) is 25.0 Å². The van der Waals surface area contributed by atoms with Crippen molar-refractivity contribution in [2.75, 3.05) is 11.9 Å². The van der Waals surface area contributed by atoms with E-state index in [4.69, 9.17) is 0 Å². The molecule has 6 rings (SSSR count). The van der Waals surface area contributed by atoms with Gasteiger partial charge in [-0.25, -0.2) is 12.8 Å². The number of Topliss-reactive ketones (excluding diaryl/α,β-unsaturated/α-hetero) is 1. The normalized spacial score (nSPS) is 32.7. The number of para-hydroxylation sites is 1. The summed E-state index contributed by atoms with van der Waals surface area (Å²) >= 11 is 0. The summed E-state index contributed by atoms with van der Waals surface area (Å²) in [5, 5.41) is 3.16. The molecule has 2 aliphatic heterocycles. The SMILES string of the molecule is O=C1C(=C2Nc3ccccc3S(=O)(=O)N2)CN(Cc2ccc(F)cc2)[C@H]2[C@@H]3CC[C@@H](C3)[C@@H]12. The molecule has 8 heteroatoms. The molecule has 4 atom stereocenters. The molecule has 0 spiro atoms. The lowest BCUT2D eigenvalue weighted by molar-refractivity contribution is -0.126. The van der Waals surface area contributed by atoms with E-state index in [1.807, 2.05) is 0 Å². The summed E-state index contributed by atoms with van der Waals surface area (Å²) in [6.07, 6.45) is 3.22. The smallest absolute Gasteiger partial charge is 0.265 e. The second kappa shape index (κ2) is 7.15. The largest absolute Gasteiger partial charge is 0.340 e. The summed E-state index contributed by atoms with van der Waals surface area (Å²) in [4.78, 5) is 16.1. The van der Waals surface area contributed by atoms with Crippen LogP contribution in [0.25, 0.3) is 0 Å². The topological polar surface area (TPSA) is 78.5 Å². The van der Waals surface area contributed by atoms with E-state index in [0.717, 1.165) is 24.8 Å². The maximum Gasteiger partial charge on any atom is 0.265 e. The summed E-state index contributed by atoms with van der Waals surface area (Å²) < 4.78 is 41.7. The van der Waals surface area contributed by atoms with Gasteiger partial charge in [0.25, 0.3) is 10.0 Å². The first-order chi connectivity index (χ1) is 15.4. The number of halogens is 1. The number of sulfonamides is 1. The minimum Gasteiger partial charge on any atom is -0.340 e. The van der Waals surface area contributed by atoms with Crippen LogP contribution in [0.15, 0.2) is 64.8 Å². The molecule has 2 saturated carbocycles. The van der Waals surface area contributed by atoms with E-state index in [1.54, 1.807) is 36.4 Å². The number of benzene rings is 2. The van der Waals surface area contributed by atoms with E-state index in [1.165, 1.54) is 12.1 Å². The van der Waals surface area contributed by atoms with Crippen LogP contribution in [0.4, 0.5) is 10.1 Å². The summed E-state index contributed by atoms with van der Waals surface area (Å²) in [7, 11) is -3.76. The summed E-state index contributed by atoms with van der Waals surface area (Å²) in [5.74, 6) is 0.757. The van der Waals surface area contributed by atoms with Crippen molar-refractivity contribution >= 4 is 21.5 Å². The number of anilines is 1. The molecule has 1 saturated heterocycles. The van der Waals surface area contributed by atoms with Gasteiger partial charge in [0.1, 0.15) is 16.5 Å². The van der Waals surface area contributed by atoms with Crippen LogP contribution in [0.5, 0.6) is 0 Å². The lowest BCUT2D eigenvalue weighted by atomic mass is 9.75. The Kier molecular flexibility index (Phi) is 4.45. The van der Waals surface area contributed by atoms with Crippen molar-refractivity contribution in [1.29, 1.82) is 0 Å². The third-order valence-corrected chi connectivity index (χ3v) is 8.94. The molecular formula is C24H24FN3O3S. The zero-order valence-corrected chi connectivity index (χ0v) is 18.2. The number of fused-ring (bicyclic) bond motifs is 6. The fraction of sp³-hybridized carbons (Fsp3) is 0.375. The number of hydrogen-bond acceptors (Lipinski definition) is 5. The molecule has 4 aliphatic rings. The number of likely N-dealkylation sites (tertiary alicyclic amines) is 1. The van der Waals surface area contributed by atoms with Crippen molar-refractivity contribution in [1.82, 2.24) is 9.62 Å². The lowest BCUT2D eigenvalue weighted by Crippen LogP contribution is -2.54. The van der Waals surface area contributed by atoms with E-state index < -0.39 is 10.0 Å². The third kappa shape index (κ3) is 3.08. The number of rotatable bonds is 2. The van der Waals surface area contributed by atoms with E-state index in [0.29, 0.717) is 36.2 Å². The van der Waals surface area contributed by atoms with Gasteiger partial charge in [-0.3, -0.25) is 14.4 Å². The molecule has 6 nitrogen and oxygen atoms in total. The second-order valence-electron chi connectivity index (χ2n) is 9.33. The Bertz CT molecular complexity index is 1240. The molecule has 0 radical (unpaired) electrons. The van der Waals surface area contributed by atoms with Gasteiger partial charge in [-0.1, -0.05) is 24.3 Å². The number of ketones is 1. The van der Waals surface area contributed by atoms with Crippen LogP contribution in [0.3, 0.4) is 0 Å². The molecule has 166 valence electrons. The summed E-state index contributed by atoms with van der Waals surface area (Å²) in [6.45, 7) is 0.950. The number of nitrogens with one attached hydrogen (secondary N) is 2. The van der Waals surface area contributed by atoms with Crippen molar-refractivity contribution in [2.24, 2.45) is 17.8 Å². The minimum atomic E-state index is -3.76. The average Bonchev–Trinajstić information content (AvgIpc) is 3.39. The number of piperidine rings is 1. The summed E-state index contributed by atoms with van der Waals surface area (Å²) in [5.41, 5.74) is 1.94. The first-order valence-electron chi connectivity index (χ1n) is 11.1. The molecule has 0 unspecified atom stereocenters. The van der Waals surface area contributed by atoms with Crippen LogP contribution in [-0.4, -0.2) is 31.7 Å². The molecule has 2 aromatic carbocycles. The van der Waals surface area contributed by atoms with Crippen LogP contribution >= 0.6 is 0 Å². The number of carbonyl (C=O) groups is 1. The van der Waals surface area contributed by atoms with Gasteiger partial charge < -0.3 is 5.32 Å². The van der Waals surface area contributed by atoms with Crippen molar-refractivity contribution in [3.05, 3.63) is 71.3 Å². The van der Waals surface area contributed by atoms with Gasteiger partial charge in [0.15, 0.2) is 5.78 Å². The molecule has 3 fully saturated rings. The maximum absolute atomic E-state index is 13.7. The van der Waals surface area contributed by atoms with Crippen LogP contribution in [0.2, 0.25) is 0 Å². The minimum absolute atomic E-state index is 0.0575. The molecular weight excluding hydrogens is 429 g/mol. The van der Waals surface area contributed by atoms with Crippen LogP contribution in [-0.2, 0) is 21.4 Å². The Labute approximate surface area is 186 Å². The van der Waals surface area contributed by atoms with Gasteiger partial charge >= 0.3 is 0 Å². The predicted molar refractivity (Wildman–Crippen MR) is 117 cm³/mol. The highest BCUT2D eigenvalue weighted by Gasteiger charge is 2.56. The molecule has 0 aromatic heterocycles. The van der Waals surface area contributed by atoms with E-state index >= 15 is 0 Å². The zero-order valence-electron chi connectivity index (χ0n) is 17.4. The molecule has 32 heavy (non-hydrogen) atoms. The number of hydrogen-bond donors (Lipinski definition) is 2. The highest BCUT2D eigenvalue weighted by Crippen LogP contribution is 2.53. The average molecular weight is 454 g/mol. The lowest BCUT2D eigenvalue weighted by Gasteiger charge is -2.44. The van der Waals surface area contributed by atoms with Crippen LogP contribution < -0.4 is 10.0 Å². The molecule has 2 bridgehead atoms. The van der Waals surface area contributed by atoms with Crippen molar-refractivity contribution in [3.8, 4) is 0 Å². The van der Waals surface area contributed by atoms with Gasteiger partial charge in [-0.2, -0.15) is 0 Å². The molecule has 2 N–H and O–H groups in total. The van der Waals surface area contributed by atoms with Crippen molar-refractivity contribution in [3.63, 3.8) is 0 Å². The Balaban J connectivity index is 1.41. The standard InChI is InChI=1S/C24H24FN3O3S/c25-17-9-5-14(6-10-17)12-28-13-18(23(29)21-15-7-8-16(11-15)22(21)28)24-26-19-3-1-2-4-20(19)32(30,31)27-24/h1-6,9-10,15-16,21-22,26-27H,7-8,11-13H2/t15-,16+,21+,22-/m0/s1.